The fourth-order valence-corrected chi connectivity index (χ4v) is 2.47. The van der Waals surface area contributed by atoms with Crippen molar-refractivity contribution in [2.45, 2.75) is 13.8 Å². The maximum absolute atomic E-state index is 14.0. The Morgan fingerprint density at radius 3 is 2.56 bits per heavy atom. The number of benzene rings is 2. The molecule has 3 aromatic rings. The summed E-state index contributed by atoms with van der Waals surface area (Å²) in [7, 11) is 0. The Labute approximate surface area is 144 Å². The number of rotatable bonds is 4. The number of hydrogen-bond acceptors (Lipinski definition) is 3. The number of nitrogens with one attached hydrogen (secondary N) is 1. The van der Waals surface area contributed by atoms with Crippen molar-refractivity contribution >= 4 is 17.3 Å². The molecule has 2 aromatic carbocycles. The molecule has 0 unspecified atom stereocenters. The molecule has 0 saturated heterocycles. The van der Waals surface area contributed by atoms with Gasteiger partial charge in [0.15, 0.2) is 5.78 Å². The van der Waals surface area contributed by atoms with Crippen molar-refractivity contribution in [3.8, 4) is 11.3 Å². The van der Waals surface area contributed by atoms with E-state index in [0.29, 0.717) is 17.1 Å². The first-order chi connectivity index (χ1) is 11.9. The van der Waals surface area contributed by atoms with Crippen LogP contribution in [-0.2, 0) is 0 Å². The Hall–Kier alpha value is -3.08. The number of carbonyl (C=O) groups is 1. The van der Waals surface area contributed by atoms with Gasteiger partial charge in [-0.2, -0.15) is 0 Å². The predicted molar refractivity (Wildman–Crippen MR) is 94.1 cm³/mol. The van der Waals surface area contributed by atoms with E-state index in [0.717, 1.165) is 17.3 Å². The Morgan fingerprint density at radius 1 is 1.04 bits per heavy atom. The summed E-state index contributed by atoms with van der Waals surface area (Å²) in [6.07, 6.45) is 0. The molecule has 3 rings (SSSR count). The zero-order chi connectivity index (χ0) is 18.0. The highest BCUT2D eigenvalue weighted by Gasteiger charge is 2.10. The highest BCUT2D eigenvalue weighted by atomic mass is 19.1. The van der Waals surface area contributed by atoms with Crippen LogP contribution in [0.3, 0.4) is 0 Å². The molecule has 1 heterocycles. The van der Waals surface area contributed by atoms with E-state index < -0.39 is 11.6 Å². The molecule has 0 fully saturated rings. The highest BCUT2D eigenvalue weighted by Crippen LogP contribution is 2.25. The number of ketones is 1. The normalized spacial score (nSPS) is 10.6. The van der Waals surface area contributed by atoms with Crippen molar-refractivity contribution in [2.24, 2.45) is 0 Å². The minimum absolute atomic E-state index is 0.0295. The lowest BCUT2D eigenvalue weighted by atomic mass is 10.1. The van der Waals surface area contributed by atoms with Gasteiger partial charge in [0.2, 0.25) is 0 Å². The average Bonchev–Trinajstić information content (AvgIpc) is 2.57. The molecule has 0 atom stereocenters. The number of hydrogen-bond donors (Lipinski definition) is 1. The summed E-state index contributed by atoms with van der Waals surface area (Å²) in [5.41, 5.74) is 2.90. The van der Waals surface area contributed by atoms with Gasteiger partial charge in [-0.05, 0) is 49.7 Å². The molecule has 0 bridgehead atoms. The fourth-order valence-electron chi connectivity index (χ4n) is 2.47. The van der Waals surface area contributed by atoms with E-state index in [9.17, 15) is 13.6 Å². The van der Waals surface area contributed by atoms with Crippen LogP contribution in [0.1, 0.15) is 22.8 Å². The summed E-state index contributed by atoms with van der Waals surface area (Å²) in [4.78, 5) is 15.9. The van der Waals surface area contributed by atoms with Gasteiger partial charge in [-0.3, -0.25) is 4.79 Å². The van der Waals surface area contributed by atoms with Crippen molar-refractivity contribution in [3.63, 3.8) is 0 Å². The van der Waals surface area contributed by atoms with E-state index in [4.69, 9.17) is 0 Å². The van der Waals surface area contributed by atoms with Crippen molar-refractivity contribution in [1.82, 2.24) is 4.98 Å². The molecule has 0 aliphatic carbocycles. The number of aryl methyl sites for hydroxylation is 1. The first-order valence-corrected chi connectivity index (χ1v) is 7.75. The summed E-state index contributed by atoms with van der Waals surface area (Å²) in [5.74, 6) is -0.824. The van der Waals surface area contributed by atoms with E-state index in [2.05, 4.69) is 10.3 Å². The van der Waals surface area contributed by atoms with Crippen molar-refractivity contribution in [1.29, 1.82) is 0 Å². The largest absolute Gasteiger partial charge is 0.340 e. The second kappa shape index (κ2) is 6.81. The first kappa shape index (κ1) is 16.8. The summed E-state index contributed by atoms with van der Waals surface area (Å²) >= 11 is 0. The van der Waals surface area contributed by atoms with Gasteiger partial charge in [0.1, 0.15) is 17.5 Å². The van der Waals surface area contributed by atoms with Gasteiger partial charge in [-0.15, -0.1) is 0 Å². The number of halogens is 2. The van der Waals surface area contributed by atoms with Gasteiger partial charge in [-0.25, -0.2) is 13.8 Å². The summed E-state index contributed by atoms with van der Waals surface area (Å²) in [6.45, 7) is 3.42. The van der Waals surface area contributed by atoms with Gasteiger partial charge in [0.25, 0.3) is 0 Å². The third-order valence-corrected chi connectivity index (χ3v) is 3.86. The maximum Gasteiger partial charge on any atom is 0.159 e. The lowest BCUT2D eigenvalue weighted by molar-refractivity contribution is 0.101. The van der Waals surface area contributed by atoms with Crippen LogP contribution >= 0.6 is 0 Å². The van der Waals surface area contributed by atoms with E-state index in [1.165, 1.54) is 19.1 Å². The fraction of sp³-hybridized carbons (Fsp3) is 0.100. The maximum atomic E-state index is 14.0. The molecule has 1 aromatic heterocycles. The first-order valence-electron chi connectivity index (χ1n) is 7.75. The van der Waals surface area contributed by atoms with E-state index >= 15 is 0 Å². The lowest BCUT2D eigenvalue weighted by Gasteiger charge is -2.11. The second-order valence-electron chi connectivity index (χ2n) is 5.74. The summed E-state index contributed by atoms with van der Waals surface area (Å²) < 4.78 is 27.0. The molecule has 0 amide bonds. The predicted octanol–water partition coefficient (Wildman–Crippen LogP) is 5.28. The Morgan fingerprint density at radius 2 is 1.84 bits per heavy atom. The molecular weight excluding hydrogens is 322 g/mol. The minimum Gasteiger partial charge on any atom is -0.340 e. The number of Topliss-reactive ketones (excluding diaryl/α,β-unsaturated/α-hetero) is 1. The third-order valence-electron chi connectivity index (χ3n) is 3.86. The van der Waals surface area contributed by atoms with E-state index in [-0.39, 0.29) is 11.3 Å². The van der Waals surface area contributed by atoms with Gasteiger partial charge < -0.3 is 5.32 Å². The van der Waals surface area contributed by atoms with Crippen LogP contribution in [0.2, 0.25) is 0 Å². The van der Waals surface area contributed by atoms with Crippen LogP contribution in [0.25, 0.3) is 11.3 Å². The van der Waals surface area contributed by atoms with Crippen LogP contribution in [0.5, 0.6) is 0 Å². The van der Waals surface area contributed by atoms with Crippen molar-refractivity contribution in [2.75, 3.05) is 5.32 Å². The molecule has 0 aliphatic heterocycles. The van der Waals surface area contributed by atoms with E-state index in [1.54, 1.807) is 30.3 Å². The molecule has 0 spiro atoms. The third kappa shape index (κ3) is 3.71. The average molecular weight is 338 g/mol. The van der Waals surface area contributed by atoms with Crippen LogP contribution < -0.4 is 5.32 Å². The number of pyridine rings is 1. The SMILES string of the molecule is CC(=O)c1ccc(C)c(Nc2cccc(-c3ccc(F)cc3F)n2)c1. The Bertz CT molecular complexity index is 954. The molecule has 1 N–H and O–H groups in total. The zero-order valence-corrected chi connectivity index (χ0v) is 13.8. The van der Waals surface area contributed by atoms with Gasteiger partial charge >= 0.3 is 0 Å². The Kier molecular flexibility index (Phi) is 4.57. The minimum atomic E-state index is -0.667. The van der Waals surface area contributed by atoms with Crippen LogP contribution in [0.15, 0.2) is 54.6 Å². The molecule has 0 saturated carbocycles. The lowest BCUT2D eigenvalue weighted by Crippen LogP contribution is -2.00. The number of nitrogens with zero attached hydrogens (tertiary/aromatic N) is 1. The summed E-state index contributed by atoms with van der Waals surface area (Å²) in [5, 5.41) is 3.15. The highest BCUT2D eigenvalue weighted by molar-refractivity contribution is 5.95. The number of anilines is 2. The van der Waals surface area contributed by atoms with Gasteiger partial charge in [0.05, 0.1) is 5.69 Å². The molecular formula is C20H16F2N2O. The van der Waals surface area contributed by atoms with Crippen molar-refractivity contribution < 1.29 is 13.6 Å². The monoisotopic (exact) mass is 338 g/mol. The van der Waals surface area contributed by atoms with Crippen molar-refractivity contribution in [3.05, 3.63) is 77.4 Å². The quantitative estimate of drug-likeness (QED) is 0.658. The molecule has 126 valence electrons. The Balaban J connectivity index is 1.95. The topological polar surface area (TPSA) is 42.0 Å². The number of carbonyl (C=O) groups excluding carboxylic acids is 1. The molecule has 5 heteroatoms. The summed E-state index contributed by atoms with van der Waals surface area (Å²) in [6, 6.07) is 13.9. The standard InChI is InChI=1S/C20H16F2N2O/c1-12-6-7-14(13(2)25)10-19(12)24-20-5-3-4-18(23-20)16-9-8-15(21)11-17(16)22/h3-11H,1-2H3,(H,23,24). The van der Waals surface area contributed by atoms with Gasteiger partial charge in [0, 0.05) is 22.9 Å². The number of aromatic nitrogens is 1. The second-order valence-corrected chi connectivity index (χ2v) is 5.74. The van der Waals surface area contributed by atoms with Crippen LogP contribution in [0.4, 0.5) is 20.3 Å². The molecule has 0 aliphatic rings. The molecule has 3 nitrogen and oxygen atoms in total. The smallest absolute Gasteiger partial charge is 0.159 e. The van der Waals surface area contributed by atoms with Gasteiger partial charge in [-0.1, -0.05) is 18.2 Å². The molecule has 25 heavy (non-hydrogen) atoms. The zero-order valence-electron chi connectivity index (χ0n) is 13.8. The molecule has 0 radical (unpaired) electrons. The van der Waals surface area contributed by atoms with E-state index in [1.807, 2.05) is 13.0 Å². The van der Waals surface area contributed by atoms with Crippen LogP contribution in [0, 0.1) is 18.6 Å². The van der Waals surface area contributed by atoms with Crippen LogP contribution in [-0.4, -0.2) is 10.8 Å².